The highest BCUT2D eigenvalue weighted by Gasteiger charge is 2.19. The minimum atomic E-state index is -0.0982. The van der Waals surface area contributed by atoms with Gasteiger partial charge in [0.25, 0.3) is 0 Å². The van der Waals surface area contributed by atoms with Gasteiger partial charge in [-0.2, -0.15) is 0 Å². The molecule has 0 saturated carbocycles. The second-order valence-corrected chi connectivity index (χ2v) is 2.41. The Bertz CT molecular complexity index is 118. The molecule has 1 heterocycles. The molecule has 0 bridgehead atoms. The van der Waals surface area contributed by atoms with E-state index in [9.17, 15) is 4.79 Å². The number of nitrogens with zero attached hydrogens (tertiary/aromatic N) is 1. The summed E-state index contributed by atoms with van der Waals surface area (Å²) < 4.78 is 0. The Hall–Kier alpha value is -0.610. The van der Waals surface area contributed by atoms with E-state index in [0.717, 1.165) is 25.8 Å². The van der Waals surface area contributed by atoms with Gasteiger partial charge in [-0.05, 0) is 19.3 Å². The molecule has 1 unspecified atom stereocenters. The highest BCUT2D eigenvalue weighted by atomic mass is 16.7. The molecule has 0 aliphatic carbocycles. The number of hydroxylamine groups is 2. The average Bonchev–Trinajstić information content (AvgIpc) is 1.94. The van der Waals surface area contributed by atoms with Gasteiger partial charge in [0.05, 0.1) is 6.17 Å². The van der Waals surface area contributed by atoms with Crippen LogP contribution >= 0.6 is 0 Å². The quantitative estimate of drug-likeness (QED) is 0.547. The first-order chi connectivity index (χ1) is 4.84. The highest BCUT2D eigenvalue weighted by Crippen LogP contribution is 2.11. The molecule has 10 heavy (non-hydrogen) atoms. The zero-order valence-corrected chi connectivity index (χ0v) is 5.82. The van der Waals surface area contributed by atoms with Crippen molar-refractivity contribution in [2.45, 2.75) is 25.4 Å². The minimum Gasteiger partial charge on any atom is -0.369 e. The van der Waals surface area contributed by atoms with Gasteiger partial charge in [-0.3, -0.25) is 4.79 Å². The summed E-state index contributed by atoms with van der Waals surface area (Å²) in [4.78, 5) is 14.5. The Labute approximate surface area is 59.9 Å². The Morgan fingerprint density at radius 2 is 2.40 bits per heavy atom. The van der Waals surface area contributed by atoms with Gasteiger partial charge in [-0.15, -0.1) is 5.06 Å². The summed E-state index contributed by atoms with van der Waals surface area (Å²) in [7, 11) is 0. The first-order valence-electron chi connectivity index (χ1n) is 3.47. The second-order valence-electron chi connectivity index (χ2n) is 2.41. The summed E-state index contributed by atoms with van der Waals surface area (Å²) >= 11 is 0. The maximum absolute atomic E-state index is 9.90. The Morgan fingerprint density at radius 3 is 3.00 bits per heavy atom. The molecule has 0 aromatic rings. The van der Waals surface area contributed by atoms with Crippen LogP contribution in [0.15, 0.2) is 0 Å². The molecule has 2 N–H and O–H groups in total. The lowest BCUT2D eigenvalue weighted by molar-refractivity contribution is -0.191. The van der Waals surface area contributed by atoms with Crippen LogP contribution in [-0.4, -0.2) is 24.2 Å². The number of hydrogen-bond donors (Lipinski definition) is 1. The number of carbonyl (C=O) groups is 1. The maximum atomic E-state index is 9.90. The summed E-state index contributed by atoms with van der Waals surface area (Å²) in [5.74, 6) is 0. The van der Waals surface area contributed by atoms with Crippen LogP contribution in [0.5, 0.6) is 0 Å². The van der Waals surface area contributed by atoms with Crippen molar-refractivity contribution in [3.05, 3.63) is 0 Å². The van der Waals surface area contributed by atoms with Crippen LogP contribution in [0.2, 0.25) is 0 Å². The number of carbonyl (C=O) groups excluding carboxylic acids is 1. The van der Waals surface area contributed by atoms with Crippen molar-refractivity contribution in [1.82, 2.24) is 5.06 Å². The monoisotopic (exact) mass is 144 g/mol. The predicted octanol–water partition coefficient (Wildman–Crippen LogP) is -0.155. The van der Waals surface area contributed by atoms with E-state index in [0.29, 0.717) is 6.47 Å². The standard InChI is InChI=1S/C6H12N2O2/c7-6-3-1-2-4-8(6)10-5-9/h5-6H,1-4,7H2. The van der Waals surface area contributed by atoms with Crippen LogP contribution in [0.25, 0.3) is 0 Å². The van der Waals surface area contributed by atoms with Crippen molar-refractivity contribution in [3.63, 3.8) is 0 Å². The third kappa shape index (κ3) is 1.68. The molecule has 58 valence electrons. The van der Waals surface area contributed by atoms with Gasteiger partial charge >= 0.3 is 6.47 Å². The van der Waals surface area contributed by atoms with Crippen LogP contribution < -0.4 is 5.73 Å². The molecule has 0 spiro atoms. The normalized spacial score (nSPS) is 27.9. The van der Waals surface area contributed by atoms with Gasteiger partial charge < -0.3 is 10.6 Å². The maximum Gasteiger partial charge on any atom is 0.313 e. The van der Waals surface area contributed by atoms with Crippen molar-refractivity contribution in [2.75, 3.05) is 6.54 Å². The topological polar surface area (TPSA) is 55.6 Å². The fourth-order valence-corrected chi connectivity index (χ4v) is 1.12. The first-order valence-corrected chi connectivity index (χ1v) is 3.47. The van der Waals surface area contributed by atoms with Gasteiger partial charge in [0.15, 0.2) is 0 Å². The molecule has 0 aromatic carbocycles. The number of nitrogens with two attached hydrogens (primary N) is 1. The smallest absolute Gasteiger partial charge is 0.313 e. The molecule has 0 radical (unpaired) electrons. The van der Waals surface area contributed by atoms with Crippen molar-refractivity contribution in [3.8, 4) is 0 Å². The average molecular weight is 144 g/mol. The van der Waals surface area contributed by atoms with Crippen molar-refractivity contribution in [1.29, 1.82) is 0 Å². The lowest BCUT2D eigenvalue weighted by Crippen LogP contribution is -2.44. The molecule has 4 heteroatoms. The molecule has 1 atom stereocenters. The molecule has 1 rings (SSSR count). The van der Waals surface area contributed by atoms with Crippen LogP contribution in [0.1, 0.15) is 19.3 Å². The fraction of sp³-hybridized carbons (Fsp3) is 0.833. The molecule has 1 aliphatic heterocycles. The number of piperidine rings is 1. The predicted molar refractivity (Wildman–Crippen MR) is 35.7 cm³/mol. The second kappa shape index (κ2) is 3.53. The summed E-state index contributed by atoms with van der Waals surface area (Å²) in [6.45, 7) is 1.19. The molecular weight excluding hydrogens is 132 g/mol. The van der Waals surface area contributed by atoms with E-state index in [2.05, 4.69) is 4.84 Å². The molecular formula is C6H12N2O2. The van der Waals surface area contributed by atoms with E-state index in [1.807, 2.05) is 0 Å². The van der Waals surface area contributed by atoms with E-state index in [4.69, 9.17) is 5.73 Å². The van der Waals surface area contributed by atoms with Gasteiger partial charge in [-0.1, -0.05) is 0 Å². The van der Waals surface area contributed by atoms with E-state index < -0.39 is 0 Å². The van der Waals surface area contributed by atoms with Crippen LogP contribution in [0, 0.1) is 0 Å². The van der Waals surface area contributed by atoms with Crippen LogP contribution in [0.4, 0.5) is 0 Å². The van der Waals surface area contributed by atoms with Crippen molar-refractivity contribution in [2.24, 2.45) is 5.73 Å². The zero-order chi connectivity index (χ0) is 7.40. The van der Waals surface area contributed by atoms with E-state index in [1.165, 1.54) is 5.06 Å². The molecule has 0 aromatic heterocycles. The van der Waals surface area contributed by atoms with Crippen molar-refractivity contribution < 1.29 is 9.63 Å². The van der Waals surface area contributed by atoms with Gasteiger partial charge in [0, 0.05) is 6.54 Å². The molecule has 1 saturated heterocycles. The fourth-order valence-electron chi connectivity index (χ4n) is 1.12. The Morgan fingerprint density at radius 1 is 1.60 bits per heavy atom. The van der Waals surface area contributed by atoms with Crippen LogP contribution in [0.3, 0.4) is 0 Å². The highest BCUT2D eigenvalue weighted by molar-refractivity contribution is 5.36. The largest absolute Gasteiger partial charge is 0.369 e. The van der Waals surface area contributed by atoms with Gasteiger partial charge in [0.2, 0.25) is 0 Å². The minimum absolute atomic E-state index is 0.0982. The molecule has 0 amide bonds. The molecule has 1 fully saturated rings. The number of rotatable bonds is 2. The molecule has 4 nitrogen and oxygen atoms in total. The van der Waals surface area contributed by atoms with Gasteiger partial charge in [0.1, 0.15) is 0 Å². The first kappa shape index (κ1) is 7.50. The van der Waals surface area contributed by atoms with E-state index in [1.54, 1.807) is 0 Å². The number of hydrogen-bond acceptors (Lipinski definition) is 4. The Kier molecular flexibility index (Phi) is 2.65. The summed E-state index contributed by atoms with van der Waals surface area (Å²) in [6.07, 6.45) is 2.99. The van der Waals surface area contributed by atoms with E-state index >= 15 is 0 Å². The SMILES string of the molecule is NC1CCCCN1OC=O. The van der Waals surface area contributed by atoms with E-state index in [-0.39, 0.29) is 6.17 Å². The third-order valence-electron chi connectivity index (χ3n) is 1.68. The zero-order valence-electron chi connectivity index (χ0n) is 5.82. The lowest BCUT2D eigenvalue weighted by Gasteiger charge is -2.29. The summed E-state index contributed by atoms with van der Waals surface area (Å²) in [5.41, 5.74) is 5.61. The summed E-state index contributed by atoms with van der Waals surface area (Å²) in [5, 5.41) is 1.52. The van der Waals surface area contributed by atoms with Crippen LogP contribution in [-0.2, 0) is 9.63 Å². The van der Waals surface area contributed by atoms with Crippen molar-refractivity contribution >= 4 is 6.47 Å². The molecule has 1 aliphatic rings. The third-order valence-corrected chi connectivity index (χ3v) is 1.68. The lowest BCUT2D eigenvalue weighted by atomic mass is 10.1. The Balaban J connectivity index is 2.32. The summed E-state index contributed by atoms with van der Waals surface area (Å²) in [6, 6.07) is 0. The van der Waals surface area contributed by atoms with Gasteiger partial charge in [-0.25, -0.2) is 0 Å².